The van der Waals surface area contributed by atoms with Crippen LogP contribution in [0, 0.1) is 41.5 Å². The van der Waals surface area contributed by atoms with Gasteiger partial charge in [0.2, 0.25) is 0 Å². The van der Waals surface area contributed by atoms with Crippen molar-refractivity contribution in [2.75, 3.05) is 0 Å². The van der Waals surface area contributed by atoms with Gasteiger partial charge in [-0.3, -0.25) is 0 Å². The van der Waals surface area contributed by atoms with Gasteiger partial charge < -0.3 is 0 Å². The molecule has 0 spiro atoms. The molecule has 73 heavy (non-hydrogen) atoms. The SMILES string of the molecule is Cc1ccc2ccccc2c1[Si](c1c(C)ccc2ccccc12)c1c(C)ccc2ccccc12.Cc1ccc2ccccc2c1[Si](c1c(C)ccc2ccccc12)c1c(C)ccc2ccccc12.[O]=[Cr](=[O])([OH])[OH]. The molecule has 12 aromatic rings. The molecule has 0 aliphatic heterocycles. The van der Waals surface area contributed by atoms with E-state index in [2.05, 4.69) is 260 Å². The standard InChI is InChI=1S/2C33H27Si.Cr.2H2O.2O/c2*1-22-16-19-25-10-4-7-13-28(25)31(22)34(32-23(2)17-20-26-11-5-8-14-29(26)32)33-24(3)18-21-27-12-6-9-15-30(27)33;;;;;/h2*4-21H,1-3H3;;2*1H2;;/q;;+2;;;;/p-2. The number of aryl methyl sites for hydroxylation is 6. The van der Waals surface area contributed by atoms with E-state index in [0.717, 1.165) is 0 Å². The molecule has 2 radical (unpaired) electrons. The van der Waals surface area contributed by atoms with Gasteiger partial charge in [-0.2, -0.15) is 0 Å². The van der Waals surface area contributed by atoms with Crippen LogP contribution in [0.25, 0.3) is 64.6 Å². The van der Waals surface area contributed by atoms with E-state index < -0.39 is 31.2 Å². The number of benzene rings is 12. The predicted octanol–water partition coefficient (Wildman–Crippen LogP) is 11.8. The first kappa shape index (κ1) is 49.3. The maximum absolute atomic E-state index is 8.82. The molecule has 0 heterocycles. The molecule has 0 aromatic heterocycles. The topological polar surface area (TPSA) is 74.6 Å². The van der Waals surface area contributed by atoms with E-state index in [1.54, 1.807) is 0 Å². The predicted molar refractivity (Wildman–Crippen MR) is 307 cm³/mol. The quantitative estimate of drug-likeness (QED) is 0.129. The Bertz CT molecular complexity index is 3520. The summed E-state index contributed by atoms with van der Waals surface area (Å²) in [6.45, 7) is 13.8. The summed E-state index contributed by atoms with van der Waals surface area (Å²) in [6.07, 6.45) is 0. The fourth-order valence-electron chi connectivity index (χ4n) is 11.0. The van der Waals surface area contributed by atoms with Gasteiger partial charge in [0, 0.05) is 0 Å². The Morgan fingerprint density at radius 1 is 0.247 bits per heavy atom. The van der Waals surface area contributed by atoms with Gasteiger partial charge in [0.05, 0.1) is 0 Å². The van der Waals surface area contributed by atoms with Gasteiger partial charge in [-0.1, -0.05) is 252 Å². The van der Waals surface area contributed by atoms with E-state index in [0.29, 0.717) is 0 Å². The summed E-state index contributed by atoms with van der Waals surface area (Å²) in [6, 6.07) is 81.1. The summed E-state index contributed by atoms with van der Waals surface area (Å²) in [5.41, 5.74) is 8.29. The molecule has 0 unspecified atom stereocenters. The fraction of sp³-hybridized carbons (Fsp3) is 0.0909. The van der Waals surface area contributed by atoms with Crippen LogP contribution in [0.5, 0.6) is 0 Å². The summed E-state index contributed by atoms with van der Waals surface area (Å²) in [5.74, 6) is 0. The molecule has 12 rings (SSSR count). The first-order valence-electron chi connectivity index (χ1n) is 24.6. The van der Waals surface area contributed by atoms with Crippen LogP contribution in [0.3, 0.4) is 0 Å². The molecule has 0 fully saturated rings. The van der Waals surface area contributed by atoms with Gasteiger partial charge in [-0.05, 0) is 137 Å². The third-order valence-electron chi connectivity index (χ3n) is 14.3. The van der Waals surface area contributed by atoms with Crippen LogP contribution < -0.4 is 31.1 Å². The van der Waals surface area contributed by atoms with Crippen LogP contribution in [0.4, 0.5) is 0 Å². The molecule has 0 bridgehead atoms. The van der Waals surface area contributed by atoms with Crippen molar-refractivity contribution in [3.63, 3.8) is 0 Å². The molecule has 0 saturated heterocycles. The molecule has 358 valence electrons. The van der Waals surface area contributed by atoms with Crippen LogP contribution in [-0.4, -0.2) is 25.9 Å². The summed E-state index contributed by atoms with van der Waals surface area (Å²) >= 11 is -5.25. The van der Waals surface area contributed by atoms with Crippen molar-refractivity contribution in [1.29, 1.82) is 0 Å². The minimum absolute atomic E-state index is 1.32. The van der Waals surface area contributed by atoms with E-state index in [4.69, 9.17) is 15.9 Å². The Kier molecular flexibility index (Phi) is 13.9. The Labute approximate surface area is 433 Å². The van der Waals surface area contributed by atoms with Crippen molar-refractivity contribution in [2.24, 2.45) is 0 Å². The summed E-state index contributed by atoms with van der Waals surface area (Å²) in [5, 5.41) is 25.3. The Morgan fingerprint density at radius 3 is 0.534 bits per heavy atom. The molecule has 12 aromatic carbocycles. The minimum atomic E-state index is -5.25. The van der Waals surface area contributed by atoms with Crippen molar-refractivity contribution < 1.29 is 29.5 Å². The second kappa shape index (κ2) is 20.7. The van der Waals surface area contributed by atoms with E-state index >= 15 is 0 Å². The normalized spacial score (nSPS) is 11.6. The van der Waals surface area contributed by atoms with Gasteiger partial charge in [0.15, 0.2) is 17.6 Å². The number of fused-ring (bicyclic) bond motifs is 6. The summed E-state index contributed by atoms with van der Waals surface area (Å²) < 4.78 is 31.9. The Hall–Kier alpha value is -7.31. The van der Waals surface area contributed by atoms with E-state index in [1.807, 2.05) is 0 Å². The van der Waals surface area contributed by atoms with Crippen molar-refractivity contribution >= 4 is 113 Å². The monoisotopic (exact) mass is 1020 g/mol. The molecular weight excluding hydrogens is 965 g/mol. The third kappa shape index (κ3) is 9.84. The van der Waals surface area contributed by atoms with Crippen molar-refractivity contribution in [3.05, 3.63) is 252 Å². The molecule has 7 heteroatoms. The van der Waals surface area contributed by atoms with Crippen LogP contribution in [0.1, 0.15) is 33.4 Å². The van der Waals surface area contributed by atoms with Crippen molar-refractivity contribution in [1.82, 2.24) is 0 Å². The van der Waals surface area contributed by atoms with Gasteiger partial charge in [-0.15, -0.1) is 0 Å². The van der Waals surface area contributed by atoms with Crippen LogP contribution in [-0.2, 0) is 21.2 Å². The van der Waals surface area contributed by atoms with Gasteiger partial charge in [-0.25, -0.2) is 0 Å². The van der Waals surface area contributed by atoms with Gasteiger partial charge in [0.1, 0.15) is 0 Å². The molecule has 0 aliphatic carbocycles. The first-order valence-corrected chi connectivity index (χ1v) is 29.8. The van der Waals surface area contributed by atoms with Crippen molar-refractivity contribution in [3.8, 4) is 0 Å². The van der Waals surface area contributed by atoms with Crippen LogP contribution in [0.15, 0.2) is 218 Å². The van der Waals surface area contributed by atoms with E-state index in [9.17, 15) is 0 Å². The average molecular weight is 1020 g/mol. The molecule has 0 aliphatic rings. The second-order valence-electron chi connectivity index (χ2n) is 19.1. The zero-order chi connectivity index (χ0) is 51.0. The molecule has 4 nitrogen and oxygen atoms in total. The zero-order valence-electron chi connectivity index (χ0n) is 41.9. The third-order valence-corrected chi connectivity index (χ3v) is 21.3. The molecule has 0 amide bonds. The van der Waals surface area contributed by atoms with Crippen LogP contribution >= 0.6 is 0 Å². The molecule has 0 atom stereocenters. The zero-order valence-corrected chi connectivity index (χ0v) is 45.2. The Balaban J connectivity index is 0.000000153. The number of rotatable bonds is 6. The molecule has 0 saturated carbocycles. The van der Waals surface area contributed by atoms with E-state index in [1.165, 1.54) is 129 Å². The average Bonchev–Trinajstić information content (AvgIpc) is 3.39. The van der Waals surface area contributed by atoms with E-state index in [-0.39, 0.29) is 0 Å². The fourth-order valence-corrected chi connectivity index (χ4v) is 18.4. The molecule has 2 N–H and O–H groups in total. The Morgan fingerprint density at radius 2 is 0.384 bits per heavy atom. The second-order valence-corrected chi connectivity index (χ2v) is 25.0. The van der Waals surface area contributed by atoms with Crippen LogP contribution in [0.2, 0.25) is 0 Å². The first-order chi connectivity index (χ1) is 35.3. The van der Waals surface area contributed by atoms with Gasteiger partial charge in [0.25, 0.3) is 0 Å². The number of hydrogen-bond donors (Lipinski definition) is 2. The summed E-state index contributed by atoms with van der Waals surface area (Å²) in [7, 11) is -2.69. The number of hydrogen-bond acceptors (Lipinski definition) is 2. The van der Waals surface area contributed by atoms with Gasteiger partial charge >= 0.3 is 29.5 Å². The summed E-state index contributed by atoms with van der Waals surface area (Å²) in [4.78, 5) is 0. The van der Waals surface area contributed by atoms with Crippen molar-refractivity contribution in [2.45, 2.75) is 41.5 Å². The maximum atomic E-state index is 8.82. The molecular formula is C66H56CrO4Si2.